The maximum Gasteiger partial charge on any atom is 0.159 e. The van der Waals surface area contributed by atoms with Crippen LogP contribution in [0.5, 0.6) is 0 Å². The molecule has 94 valence electrons. The Kier molecular flexibility index (Phi) is 3.74. The molecule has 1 aliphatic heterocycles. The molecule has 2 unspecified atom stereocenters. The quantitative estimate of drug-likeness (QED) is 0.853. The fourth-order valence-corrected chi connectivity index (χ4v) is 2.35. The summed E-state index contributed by atoms with van der Waals surface area (Å²) in [4.78, 5) is 2.19. The number of halogens is 2. The van der Waals surface area contributed by atoms with Gasteiger partial charge >= 0.3 is 0 Å². The fourth-order valence-electron chi connectivity index (χ4n) is 2.35. The predicted molar refractivity (Wildman–Crippen MR) is 63.8 cm³/mol. The summed E-state index contributed by atoms with van der Waals surface area (Å²) < 4.78 is 26.0. The number of nitrogens with zero attached hydrogens (tertiary/aromatic N) is 1. The van der Waals surface area contributed by atoms with E-state index in [2.05, 4.69) is 24.3 Å². The second-order valence-electron chi connectivity index (χ2n) is 4.82. The van der Waals surface area contributed by atoms with E-state index in [0.717, 1.165) is 24.9 Å². The average Bonchev–Trinajstić information content (AvgIpc) is 2.33. The predicted octanol–water partition coefficient (Wildman–Crippen LogP) is 2.32. The number of nitrogens with one attached hydrogen (secondary N) is 1. The van der Waals surface area contributed by atoms with Gasteiger partial charge in [-0.15, -0.1) is 0 Å². The van der Waals surface area contributed by atoms with E-state index in [4.69, 9.17) is 0 Å². The minimum absolute atomic E-state index is 0.117. The third-order valence-corrected chi connectivity index (χ3v) is 3.45. The number of hydrogen-bond donors (Lipinski definition) is 1. The van der Waals surface area contributed by atoms with E-state index in [0.29, 0.717) is 6.04 Å². The van der Waals surface area contributed by atoms with Crippen LogP contribution in [-0.4, -0.2) is 31.6 Å². The maximum atomic E-state index is 13.2. The highest BCUT2D eigenvalue weighted by Crippen LogP contribution is 2.26. The number of rotatable bonds is 2. The standard InChI is InChI=1S/C13H18F2N2/c1-17(2)10-5-6-16-13(8-10)9-3-4-11(14)12(15)7-9/h3-4,7,10,13,16H,5-6,8H2,1-2H3. The van der Waals surface area contributed by atoms with Crippen molar-refractivity contribution in [2.24, 2.45) is 0 Å². The summed E-state index contributed by atoms with van der Waals surface area (Å²) in [6.07, 6.45) is 2.02. The molecule has 0 bridgehead atoms. The molecule has 1 aliphatic rings. The van der Waals surface area contributed by atoms with Gasteiger partial charge in [0.1, 0.15) is 0 Å². The average molecular weight is 240 g/mol. The molecule has 4 heteroatoms. The van der Waals surface area contributed by atoms with Gasteiger partial charge in [0, 0.05) is 12.1 Å². The Bertz CT molecular complexity index is 393. The molecule has 1 aromatic rings. The molecule has 2 atom stereocenters. The molecule has 1 saturated heterocycles. The summed E-state index contributed by atoms with van der Waals surface area (Å²) >= 11 is 0. The molecule has 0 saturated carbocycles. The second-order valence-corrected chi connectivity index (χ2v) is 4.82. The highest BCUT2D eigenvalue weighted by atomic mass is 19.2. The molecule has 1 N–H and O–H groups in total. The Labute approximate surface area is 101 Å². The van der Waals surface area contributed by atoms with Gasteiger partial charge in [0.25, 0.3) is 0 Å². The van der Waals surface area contributed by atoms with Gasteiger partial charge in [0.2, 0.25) is 0 Å². The maximum absolute atomic E-state index is 13.2. The van der Waals surface area contributed by atoms with E-state index in [1.54, 1.807) is 6.07 Å². The van der Waals surface area contributed by atoms with Gasteiger partial charge in [0.05, 0.1) is 0 Å². The van der Waals surface area contributed by atoms with Crippen LogP contribution in [0, 0.1) is 11.6 Å². The van der Waals surface area contributed by atoms with Gasteiger partial charge in [-0.1, -0.05) is 6.07 Å². The minimum Gasteiger partial charge on any atom is -0.310 e. The van der Waals surface area contributed by atoms with Crippen molar-refractivity contribution in [2.75, 3.05) is 20.6 Å². The number of benzene rings is 1. The summed E-state index contributed by atoms with van der Waals surface area (Å²) in [5.74, 6) is -1.55. The highest BCUT2D eigenvalue weighted by molar-refractivity contribution is 5.22. The first-order valence-electron chi connectivity index (χ1n) is 5.92. The van der Waals surface area contributed by atoms with Crippen LogP contribution in [0.4, 0.5) is 8.78 Å². The molecule has 1 fully saturated rings. The van der Waals surface area contributed by atoms with Crippen molar-refractivity contribution in [1.29, 1.82) is 0 Å². The summed E-state index contributed by atoms with van der Waals surface area (Å²) in [6.45, 7) is 0.909. The molecule has 0 spiro atoms. The van der Waals surface area contributed by atoms with Crippen molar-refractivity contribution in [2.45, 2.75) is 24.9 Å². The first-order chi connectivity index (χ1) is 8.08. The third-order valence-electron chi connectivity index (χ3n) is 3.45. The molecule has 2 nitrogen and oxygen atoms in total. The molecule has 0 amide bonds. The van der Waals surface area contributed by atoms with E-state index in [-0.39, 0.29) is 6.04 Å². The van der Waals surface area contributed by atoms with Crippen LogP contribution in [0.3, 0.4) is 0 Å². The lowest BCUT2D eigenvalue weighted by Gasteiger charge is -2.34. The van der Waals surface area contributed by atoms with Gasteiger partial charge in [-0.25, -0.2) is 8.78 Å². The van der Waals surface area contributed by atoms with Crippen molar-refractivity contribution < 1.29 is 8.78 Å². The van der Waals surface area contributed by atoms with E-state index in [1.165, 1.54) is 12.1 Å². The van der Waals surface area contributed by atoms with Gasteiger partial charge in [0.15, 0.2) is 11.6 Å². The highest BCUT2D eigenvalue weighted by Gasteiger charge is 2.24. The van der Waals surface area contributed by atoms with Crippen LogP contribution in [0.25, 0.3) is 0 Å². The largest absolute Gasteiger partial charge is 0.310 e. The van der Waals surface area contributed by atoms with Crippen LogP contribution in [0.2, 0.25) is 0 Å². The van der Waals surface area contributed by atoms with Gasteiger partial charge in [-0.2, -0.15) is 0 Å². The number of hydrogen-bond acceptors (Lipinski definition) is 2. The lowest BCUT2D eigenvalue weighted by molar-refractivity contribution is 0.207. The fraction of sp³-hybridized carbons (Fsp3) is 0.538. The molecule has 2 rings (SSSR count). The summed E-state index contributed by atoms with van der Waals surface area (Å²) in [5.41, 5.74) is 0.829. The molecule has 0 radical (unpaired) electrons. The van der Waals surface area contributed by atoms with Crippen molar-refractivity contribution >= 4 is 0 Å². The molecule has 1 aromatic carbocycles. The van der Waals surface area contributed by atoms with Gasteiger partial charge < -0.3 is 10.2 Å². The zero-order valence-electron chi connectivity index (χ0n) is 10.2. The van der Waals surface area contributed by atoms with E-state index in [1.807, 2.05) is 0 Å². The zero-order chi connectivity index (χ0) is 12.4. The lowest BCUT2D eigenvalue weighted by atomic mass is 9.93. The minimum atomic E-state index is -0.784. The number of piperidine rings is 1. The van der Waals surface area contributed by atoms with Crippen LogP contribution in [-0.2, 0) is 0 Å². The van der Waals surface area contributed by atoms with Crippen molar-refractivity contribution in [3.63, 3.8) is 0 Å². The van der Waals surface area contributed by atoms with Gasteiger partial charge in [-0.05, 0) is 51.2 Å². The molecule has 17 heavy (non-hydrogen) atoms. The Hall–Kier alpha value is -1.00. The van der Waals surface area contributed by atoms with Crippen LogP contribution >= 0.6 is 0 Å². The van der Waals surface area contributed by atoms with Crippen LogP contribution in [0.1, 0.15) is 24.4 Å². The van der Waals surface area contributed by atoms with Crippen LogP contribution in [0.15, 0.2) is 18.2 Å². The molecular formula is C13H18F2N2. The first-order valence-corrected chi connectivity index (χ1v) is 5.92. The smallest absolute Gasteiger partial charge is 0.159 e. The molecule has 0 aliphatic carbocycles. The normalized spacial score (nSPS) is 25.2. The zero-order valence-corrected chi connectivity index (χ0v) is 10.2. The van der Waals surface area contributed by atoms with Crippen molar-refractivity contribution in [3.05, 3.63) is 35.4 Å². The Morgan fingerprint density at radius 3 is 2.65 bits per heavy atom. The van der Waals surface area contributed by atoms with Crippen molar-refractivity contribution in [3.8, 4) is 0 Å². The Balaban J connectivity index is 2.13. The molecule has 0 aromatic heterocycles. The Morgan fingerprint density at radius 1 is 1.24 bits per heavy atom. The SMILES string of the molecule is CN(C)C1CCNC(c2ccc(F)c(F)c2)C1. The lowest BCUT2D eigenvalue weighted by Crippen LogP contribution is -2.41. The summed E-state index contributed by atoms with van der Waals surface area (Å²) in [6, 6.07) is 4.77. The van der Waals surface area contributed by atoms with E-state index in [9.17, 15) is 8.78 Å². The topological polar surface area (TPSA) is 15.3 Å². The Morgan fingerprint density at radius 2 is 2.00 bits per heavy atom. The summed E-state index contributed by atoms with van der Waals surface area (Å²) in [7, 11) is 4.11. The van der Waals surface area contributed by atoms with Crippen molar-refractivity contribution in [1.82, 2.24) is 10.2 Å². The monoisotopic (exact) mass is 240 g/mol. The van der Waals surface area contributed by atoms with Gasteiger partial charge in [-0.3, -0.25) is 0 Å². The third kappa shape index (κ3) is 2.82. The summed E-state index contributed by atoms with van der Waals surface area (Å²) in [5, 5.41) is 3.35. The van der Waals surface area contributed by atoms with Crippen LogP contribution < -0.4 is 5.32 Å². The van der Waals surface area contributed by atoms with E-state index >= 15 is 0 Å². The first kappa shape index (κ1) is 12.5. The molecular weight excluding hydrogens is 222 g/mol. The second kappa shape index (κ2) is 5.10. The molecule has 1 heterocycles. The van der Waals surface area contributed by atoms with E-state index < -0.39 is 11.6 Å².